The van der Waals surface area contributed by atoms with Crippen molar-refractivity contribution in [2.45, 2.75) is 0 Å². The molecule has 7 heteroatoms. The number of nitrogens with zero attached hydrogens (tertiary/aromatic N) is 4. The second-order valence-electron chi connectivity index (χ2n) is 33.8. The van der Waals surface area contributed by atoms with Crippen LogP contribution in [0.4, 0.5) is 0 Å². The van der Waals surface area contributed by atoms with Crippen LogP contribution in [0.1, 0.15) is 0 Å². The van der Waals surface area contributed by atoms with Crippen LogP contribution in [0.5, 0.6) is 0 Å². The average molecular weight is 1760 g/mol. The Morgan fingerprint density at radius 1 is 0.150 bits per heavy atom. The Morgan fingerprint density at radius 3 is 0.929 bits per heavy atom. The molecule has 4 nitrogen and oxygen atoms in total. The van der Waals surface area contributed by atoms with E-state index < -0.39 is 21.2 Å². The van der Waals surface area contributed by atoms with Gasteiger partial charge in [0.25, 0.3) is 0 Å². The number of thiophene rings is 2. The maximum absolute atomic E-state index is 2.52. The van der Waals surface area contributed by atoms with E-state index in [1.165, 1.54) is 185 Å². The van der Waals surface area contributed by atoms with E-state index >= 15 is 0 Å². The molecular formula is C120H72IN4S2-. The molecule has 0 radical (unpaired) electrons. The molecule has 127 heavy (non-hydrogen) atoms. The van der Waals surface area contributed by atoms with Gasteiger partial charge in [0.2, 0.25) is 0 Å². The van der Waals surface area contributed by atoms with Gasteiger partial charge in [-0.05, 0) is 89.0 Å². The molecule has 0 saturated heterocycles. The molecule has 592 valence electrons. The number of aromatic nitrogens is 4. The van der Waals surface area contributed by atoms with Gasteiger partial charge in [-0.25, -0.2) is 0 Å². The normalized spacial score (nSPS) is 12.3. The molecule has 1 aliphatic rings. The maximum Gasteiger partial charge on any atom is 0.0433 e. The molecule has 0 amide bonds. The Morgan fingerprint density at radius 2 is 0.441 bits per heavy atom. The van der Waals surface area contributed by atoms with E-state index in [0.29, 0.717) is 0 Å². The van der Waals surface area contributed by atoms with E-state index in [1.807, 2.05) is 22.7 Å². The van der Waals surface area contributed by atoms with Crippen LogP contribution in [0.3, 0.4) is 0 Å². The fraction of sp³-hybridized carbons (Fsp3) is 0. The third kappa shape index (κ3) is 11.6. The minimum absolute atomic E-state index is 0.471. The predicted octanol–water partition coefficient (Wildman–Crippen LogP) is 30.3. The monoisotopic (exact) mass is 1760 g/mol. The van der Waals surface area contributed by atoms with Crippen LogP contribution >= 0.6 is 22.7 Å². The Hall–Kier alpha value is -15.2. The molecule has 20 aromatic carbocycles. The Balaban J connectivity index is 0.617. The molecule has 0 spiro atoms. The number of halogens is 1. The van der Waals surface area contributed by atoms with Crippen molar-refractivity contribution in [3.05, 3.63) is 444 Å². The van der Waals surface area contributed by atoms with E-state index in [-0.39, 0.29) is 0 Å². The molecule has 0 unspecified atom stereocenters. The summed E-state index contributed by atoms with van der Waals surface area (Å²) < 4.78 is 18.0. The van der Waals surface area contributed by atoms with Gasteiger partial charge in [-0.15, -0.1) is 22.7 Å². The third-order valence-corrected chi connectivity index (χ3v) is 32.1. The molecule has 1 aliphatic heterocycles. The molecule has 0 aliphatic carbocycles. The molecule has 0 atom stereocenters. The Bertz CT molecular complexity index is 9060. The summed E-state index contributed by atoms with van der Waals surface area (Å²) >= 11 is 3.30. The average Bonchev–Trinajstić information content (AvgIpc) is 1.58. The van der Waals surface area contributed by atoms with Crippen molar-refractivity contribution < 1.29 is 21.2 Å². The number of rotatable bonds is 12. The second kappa shape index (κ2) is 28.7. The molecule has 0 saturated carbocycles. The fourth-order valence-electron chi connectivity index (χ4n) is 20.8. The predicted molar refractivity (Wildman–Crippen MR) is 536 cm³/mol. The van der Waals surface area contributed by atoms with Gasteiger partial charge in [0.05, 0.1) is 11.0 Å². The summed E-state index contributed by atoms with van der Waals surface area (Å²) in [5.74, 6) is 0. The SMILES string of the molecule is c1cc(-c2cccc(-n3c4ccccc4c4ccc(-c5ccc6c(c5)-c5cc(-c7cc(-c8cccc(-n9c%10ccccc%10c%10ccccc%109)c8)cc(-c8cc(-c9cccc(-c%10cccc%11c%10sc%10ccccc%10%11)c9)cc(-n9c%10ccccc%10c%10cc(-n%11c%12ccccc%12c%12ccccc%12%11)ccc%109)c8)c7)ccc5[I-]6)cc43)c2)cc(-c2cccc3c2sc2ccccc23)c1. The van der Waals surface area contributed by atoms with Gasteiger partial charge >= 0.3 is 357 Å². The first kappa shape index (κ1) is 72.3. The molecule has 0 fully saturated rings. The number of hydrogen-bond acceptors (Lipinski definition) is 2. The van der Waals surface area contributed by atoms with Crippen LogP contribution in [0.15, 0.2) is 437 Å². The Labute approximate surface area is 750 Å². The topological polar surface area (TPSA) is 19.7 Å². The smallest absolute Gasteiger partial charge is 0.0433 e. The Kier molecular flexibility index (Phi) is 16.3. The second-order valence-corrected chi connectivity index (χ2v) is 38.7. The first-order chi connectivity index (χ1) is 62.9. The zero-order valence-corrected chi connectivity index (χ0v) is 72.3. The molecule has 6 aromatic heterocycles. The van der Waals surface area contributed by atoms with Gasteiger partial charge in [-0.2, -0.15) is 0 Å². The fourth-order valence-corrected chi connectivity index (χ4v) is 26.1. The molecule has 7 heterocycles. The largest absolute Gasteiger partial charge is 0.135 e. The summed E-state index contributed by atoms with van der Waals surface area (Å²) in [6.07, 6.45) is 0. The third-order valence-electron chi connectivity index (χ3n) is 26.6. The molecular weight excluding hydrogens is 1690 g/mol. The summed E-state index contributed by atoms with van der Waals surface area (Å²) in [4.78, 5) is 0. The number of benzene rings is 20. The summed E-state index contributed by atoms with van der Waals surface area (Å²) in [6, 6.07) is 165. The quantitative estimate of drug-likeness (QED) is 0.109. The first-order valence-corrected chi connectivity index (χ1v) is 47.2. The van der Waals surface area contributed by atoms with Crippen LogP contribution < -0.4 is 21.2 Å². The minimum atomic E-state index is -0.471. The number of para-hydroxylation sites is 6. The van der Waals surface area contributed by atoms with Gasteiger partial charge in [-0.3, -0.25) is 0 Å². The minimum Gasteiger partial charge on any atom is -0.135 e. The van der Waals surface area contributed by atoms with Crippen molar-refractivity contribution in [3.63, 3.8) is 0 Å². The van der Waals surface area contributed by atoms with Crippen molar-refractivity contribution in [2.24, 2.45) is 0 Å². The van der Waals surface area contributed by atoms with E-state index in [2.05, 4.69) is 455 Å². The zero-order chi connectivity index (χ0) is 83.1. The van der Waals surface area contributed by atoms with Gasteiger partial charge < -0.3 is 4.57 Å². The van der Waals surface area contributed by atoms with E-state index in [1.54, 1.807) is 0 Å². The van der Waals surface area contributed by atoms with Gasteiger partial charge in [0.15, 0.2) is 0 Å². The van der Waals surface area contributed by atoms with Gasteiger partial charge in [0, 0.05) is 78.3 Å². The molecule has 26 aromatic rings. The number of hydrogen-bond donors (Lipinski definition) is 0. The van der Waals surface area contributed by atoms with E-state index in [0.717, 1.165) is 72.7 Å². The van der Waals surface area contributed by atoms with E-state index in [4.69, 9.17) is 0 Å². The summed E-state index contributed by atoms with van der Waals surface area (Å²) in [7, 11) is 0. The molecule has 0 bridgehead atoms. The van der Waals surface area contributed by atoms with Crippen LogP contribution in [-0.4, -0.2) is 18.3 Å². The van der Waals surface area contributed by atoms with Gasteiger partial charge in [-0.1, -0.05) is 194 Å². The van der Waals surface area contributed by atoms with Crippen molar-refractivity contribution in [2.75, 3.05) is 0 Å². The molecule has 27 rings (SSSR count). The van der Waals surface area contributed by atoms with Crippen molar-refractivity contribution in [3.8, 4) is 123 Å². The van der Waals surface area contributed by atoms with Crippen LogP contribution in [0.2, 0.25) is 0 Å². The van der Waals surface area contributed by atoms with E-state index in [9.17, 15) is 0 Å². The van der Waals surface area contributed by atoms with Crippen molar-refractivity contribution >= 4 is 150 Å². The van der Waals surface area contributed by atoms with Gasteiger partial charge in [0.1, 0.15) is 0 Å². The van der Waals surface area contributed by atoms with Crippen molar-refractivity contribution in [1.29, 1.82) is 0 Å². The molecule has 0 N–H and O–H groups in total. The van der Waals surface area contributed by atoms with Crippen molar-refractivity contribution in [1.82, 2.24) is 18.3 Å². The zero-order valence-electron chi connectivity index (χ0n) is 68.6. The summed E-state index contributed by atoms with van der Waals surface area (Å²) in [5, 5.41) is 15.0. The van der Waals surface area contributed by atoms with Crippen LogP contribution in [0.25, 0.3) is 250 Å². The number of fused-ring (bicyclic) bond motifs is 21. The summed E-state index contributed by atoms with van der Waals surface area (Å²) in [6.45, 7) is 0. The maximum atomic E-state index is 2.52. The standard InChI is InChI=1S/C120H72IN4S2/c1-9-43-109-93(31-1)94-32-2-10-44-110(94)122(109)87-29-20-26-76(66-87)82-61-83(78-53-57-108-105(70-78)104-69-77(52-56-107(104)121-108)79-51-55-99-97-35-5-13-47-113(97)124(116(99)71-79)88-30-19-25-75(65-88)73-23-17-27-80(59-73)91-39-21-41-102-100-37-7-15-49-117(100)126-119(91)102)63-84(62-82)86-64-85(74-24-18-28-81(60-74)92-40-22-42-103-101-38-8-16-50-118(101)127-120(92)103)67-90(68-86)125-114-48-14-6-36-98(114)106-72-89(54-58-115(106)125)123-111-45-11-3-33-95(111)96-34-4-12-46-112(96)123/h1-72H/q-1. The van der Waals surface area contributed by atoms with Crippen LogP contribution in [0, 0.1) is 7.14 Å². The first-order valence-electron chi connectivity index (χ1n) is 43.4. The summed E-state index contributed by atoms with van der Waals surface area (Å²) in [5.41, 5.74) is 35.3. The van der Waals surface area contributed by atoms with Crippen LogP contribution in [-0.2, 0) is 0 Å².